The minimum Gasteiger partial charge on any atom is -0.309 e. The van der Waals surface area contributed by atoms with E-state index in [2.05, 4.69) is 25.8 Å². The molecule has 0 aliphatic carbocycles. The molecule has 0 bridgehead atoms. The van der Waals surface area contributed by atoms with Crippen LogP contribution >= 0.6 is 27.7 Å². The molecule has 28 heavy (non-hydrogen) atoms. The van der Waals surface area contributed by atoms with Crippen LogP contribution in [0.15, 0.2) is 43.5 Å². The molecule has 7 nitrogen and oxygen atoms in total. The molecule has 0 radical (unpaired) electrons. The fourth-order valence-electron chi connectivity index (χ4n) is 3.05. The third kappa shape index (κ3) is 4.26. The zero-order valence-electron chi connectivity index (χ0n) is 16.5. The molecule has 3 aromatic rings. The standard InChI is InChI=1S/C19H24BrN5O2S/c1-22(2)9-6-10-28-18-21-16-15(17(26)24(4)19(27)23(16)3)25(18)12-13-7-5-8-14(20)11-13/h5,7-8,11H,6,9-10,12H2,1-4H3. The van der Waals surface area contributed by atoms with Gasteiger partial charge in [-0.1, -0.05) is 39.8 Å². The zero-order chi connectivity index (χ0) is 20.4. The smallest absolute Gasteiger partial charge is 0.309 e. The predicted octanol–water partition coefficient (Wildman–Crippen LogP) is 2.29. The van der Waals surface area contributed by atoms with Crippen molar-refractivity contribution in [1.29, 1.82) is 0 Å². The molecule has 9 heteroatoms. The molecule has 3 rings (SSSR count). The lowest BCUT2D eigenvalue weighted by atomic mass is 10.2. The van der Waals surface area contributed by atoms with Gasteiger partial charge in [0, 0.05) is 24.3 Å². The van der Waals surface area contributed by atoms with E-state index in [-0.39, 0.29) is 11.2 Å². The molecule has 2 aromatic heterocycles. The summed E-state index contributed by atoms with van der Waals surface area (Å²) in [7, 11) is 7.25. The molecule has 0 N–H and O–H groups in total. The summed E-state index contributed by atoms with van der Waals surface area (Å²) in [4.78, 5) is 32.0. The Balaban J connectivity index is 2.09. The van der Waals surface area contributed by atoms with Crippen molar-refractivity contribution in [3.63, 3.8) is 0 Å². The Bertz CT molecular complexity index is 1120. The van der Waals surface area contributed by atoms with Crippen LogP contribution in [0.1, 0.15) is 12.0 Å². The van der Waals surface area contributed by atoms with Crippen LogP contribution in [0.5, 0.6) is 0 Å². The molecule has 0 unspecified atom stereocenters. The average Bonchev–Trinajstić information content (AvgIpc) is 3.00. The molecule has 0 aliphatic heterocycles. The highest BCUT2D eigenvalue weighted by atomic mass is 79.9. The van der Waals surface area contributed by atoms with E-state index in [1.54, 1.807) is 18.8 Å². The second kappa shape index (κ2) is 8.67. The molecular weight excluding hydrogens is 442 g/mol. The Kier molecular flexibility index (Phi) is 6.47. The van der Waals surface area contributed by atoms with Gasteiger partial charge in [0.25, 0.3) is 5.56 Å². The van der Waals surface area contributed by atoms with Crippen molar-refractivity contribution in [3.8, 4) is 0 Å². The minimum atomic E-state index is -0.367. The Morgan fingerprint density at radius 1 is 1.18 bits per heavy atom. The highest BCUT2D eigenvalue weighted by Crippen LogP contribution is 2.24. The normalized spacial score (nSPS) is 11.6. The number of benzene rings is 1. The maximum atomic E-state index is 12.9. The lowest BCUT2D eigenvalue weighted by Gasteiger charge is -2.11. The molecule has 0 amide bonds. The first-order valence-electron chi connectivity index (χ1n) is 8.98. The fourth-order valence-corrected chi connectivity index (χ4v) is 4.41. The molecule has 0 fully saturated rings. The number of hydrogen-bond donors (Lipinski definition) is 0. The van der Waals surface area contributed by atoms with Gasteiger partial charge in [0.2, 0.25) is 0 Å². The Morgan fingerprint density at radius 3 is 2.61 bits per heavy atom. The number of nitrogens with zero attached hydrogens (tertiary/aromatic N) is 5. The van der Waals surface area contributed by atoms with Crippen molar-refractivity contribution in [2.45, 2.75) is 18.1 Å². The first kappa shape index (κ1) is 20.9. The third-order valence-corrected chi connectivity index (χ3v) is 6.08. The first-order chi connectivity index (χ1) is 13.3. The van der Waals surface area contributed by atoms with Crippen LogP contribution in [0.2, 0.25) is 0 Å². The van der Waals surface area contributed by atoms with Gasteiger partial charge in [-0.2, -0.15) is 0 Å². The lowest BCUT2D eigenvalue weighted by molar-refractivity contribution is 0.410. The van der Waals surface area contributed by atoms with Crippen LogP contribution in [0.3, 0.4) is 0 Å². The van der Waals surface area contributed by atoms with E-state index < -0.39 is 0 Å². The SMILES string of the molecule is CN(C)CCCSc1nc2c(c(=O)n(C)c(=O)n2C)n1Cc1cccc(Br)c1. The molecule has 0 saturated carbocycles. The van der Waals surface area contributed by atoms with E-state index in [1.165, 1.54) is 11.6 Å². The van der Waals surface area contributed by atoms with Crippen molar-refractivity contribution in [1.82, 2.24) is 23.6 Å². The van der Waals surface area contributed by atoms with Crippen molar-refractivity contribution in [2.75, 3.05) is 26.4 Å². The second-order valence-electron chi connectivity index (χ2n) is 6.99. The van der Waals surface area contributed by atoms with Gasteiger partial charge < -0.3 is 9.47 Å². The summed E-state index contributed by atoms with van der Waals surface area (Å²) >= 11 is 5.12. The molecular formula is C19H24BrN5O2S. The van der Waals surface area contributed by atoms with E-state index in [0.29, 0.717) is 17.7 Å². The van der Waals surface area contributed by atoms with E-state index >= 15 is 0 Å². The molecule has 0 spiro atoms. The van der Waals surface area contributed by atoms with Crippen LogP contribution in [0.4, 0.5) is 0 Å². The van der Waals surface area contributed by atoms with Gasteiger partial charge in [-0.05, 0) is 44.8 Å². The maximum Gasteiger partial charge on any atom is 0.332 e. The zero-order valence-corrected chi connectivity index (χ0v) is 18.9. The summed E-state index contributed by atoms with van der Waals surface area (Å²) in [6.45, 7) is 1.50. The fraction of sp³-hybridized carbons (Fsp3) is 0.421. The first-order valence-corrected chi connectivity index (χ1v) is 10.8. The molecule has 1 aromatic carbocycles. The van der Waals surface area contributed by atoms with Crippen LogP contribution in [-0.2, 0) is 20.6 Å². The van der Waals surface area contributed by atoms with Gasteiger partial charge in [-0.3, -0.25) is 13.9 Å². The van der Waals surface area contributed by atoms with Crippen molar-refractivity contribution in [3.05, 3.63) is 55.1 Å². The summed E-state index contributed by atoms with van der Waals surface area (Å²) < 4.78 is 5.49. The van der Waals surface area contributed by atoms with Crippen LogP contribution in [0.25, 0.3) is 11.2 Å². The number of aryl methyl sites for hydroxylation is 1. The van der Waals surface area contributed by atoms with E-state index in [0.717, 1.165) is 38.5 Å². The minimum absolute atomic E-state index is 0.319. The molecule has 2 heterocycles. The number of thioether (sulfide) groups is 1. The van der Waals surface area contributed by atoms with Gasteiger partial charge in [0.1, 0.15) is 0 Å². The van der Waals surface area contributed by atoms with E-state index in [9.17, 15) is 9.59 Å². The Morgan fingerprint density at radius 2 is 1.93 bits per heavy atom. The van der Waals surface area contributed by atoms with Gasteiger partial charge in [0.05, 0.1) is 6.54 Å². The van der Waals surface area contributed by atoms with Crippen molar-refractivity contribution in [2.24, 2.45) is 14.1 Å². The lowest BCUT2D eigenvalue weighted by Crippen LogP contribution is -2.37. The average molecular weight is 466 g/mol. The van der Waals surface area contributed by atoms with Crippen LogP contribution < -0.4 is 11.2 Å². The van der Waals surface area contributed by atoms with E-state index in [1.807, 2.05) is 42.9 Å². The topological polar surface area (TPSA) is 65.1 Å². The number of hydrogen-bond acceptors (Lipinski definition) is 5. The summed E-state index contributed by atoms with van der Waals surface area (Å²) in [5.41, 5.74) is 1.26. The van der Waals surface area contributed by atoms with Gasteiger partial charge in [-0.15, -0.1) is 0 Å². The van der Waals surface area contributed by atoms with Crippen molar-refractivity contribution >= 4 is 38.9 Å². The number of aromatic nitrogens is 4. The number of halogens is 1. The number of rotatable bonds is 7. The predicted molar refractivity (Wildman–Crippen MR) is 117 cm³/mol. The quantitative estimate of drug-likeness (QED) is 0.395. The van der Waals surface area contributed by atoms with Gasteiger partial charge in [0.15, 0.2) is 16.3 Å². The highest BCUT2D eigenvalue weighted by molar-refractivity contribution is 9.10. The molecule has 150 valence electrons. The van der Waals surface area contributed by atoms with Gasteiger partial charge >= 0.3 is 5.69 Å². The van der Waals surface area contributed by atoms with Crippen molar-refractivity contribution < 1.29 is 0 Å². The molecule has 0 saturated heterocycles. The third-order valence-electron chi connectivity index (χ3n) is 4.52. The van der Waals surface area contributed by atoms with Crippen LogP contribution in [0, 0.1) is 0 Å². The summed E-state index contributed by atoms with van der Waals surface area (Å²) in [6.07, 6.45) is 1.01. The second-order valence-corrected chi connectivity index (χ2v) is 8.97. The molecule has 0 atom stereocenters. The van der Waals surface area contributed by atoms with Gasteiger partial charge in [-0.25, -0.2) is 9.78 Å². The Labute approximate surface area is 176 Å². The summed E-state index contributed by atoms with van der Waals surface area (Å²) in [5, 5.41) is 0.757. The number of fused-ring (bicyclic) bond motifs is 1. The Hall–Kier alpha value is -1.84. The monoisotopic (exact) mass is 465 g/mol. The summed E-state index contributed by atoms with van der Waals surface area (Å²) in [5.74, 6) is 0.883. The summed E-state index contributed by atoms with van der Waals surface area (Å²) in [6, 6.07) is 7.98. The largest absolute Gasteiger partial charge is 0.332 e. The highest BCUT2D eigenvalue weighted by Gasteiger charge is 2.19. The number of imidazole rings is 1. The van der Waals surface area contributed by atoms with Crippen LogP contribution in [-0.4, -0.2) is 50.0 Å². The molecule has 0 aliphatic rings. The van der Waals surface area contributed by atoms with E-state index in [4.69, 9.17) is 0 Å². The maximum absolute atomic E-state index is 12.9.